The normalized spacial score (nSPS) is 12.4. The van der Waals surface area contributed by atoms with Crippen LogP contribution in [0.15, 0.2) is 0 Å². The second-order valence-electron chi connectivity index (χ2n) is 9.59. The third-order valence-electron chi connectivity index (χ3n) is 6.31. The van der Waals surface area contributed by atoms with E-state index >= 15 is 0 Å². The molecule has 0 radical (unpaired) electrons. The Kier molecular flexibility index (Phi) is 20.0. The van der Waals surface area contributed by atoms with Gasteiger partial charge < -0.3 is 0 Å². The number of nitriles is 3. The summed E-state index contributed by atoms with van der Waals surface area (Å²) >= 11 is 0. The fourth-order valence-corrected chi connectivity index (χ4v) is 12.0. The van der Waals surface area contributed by atoms with Crippen LogP contribution in [0.25, 0.3) is 0 Å². The van der Waals surface area contributed by atoms with Crippen LogP contribution in [0.5, 0.6) is 0 Å². The Labute approximate surface area is 242 Å². The molecule has 0 aromatic heterocycles. The Bertz CT molecular complexity index is 1010. The van der Waals surface area contributed by atoms with Crippen molar-refractivity contribution in [2.75, 3.05) is 19.6 Å². The molecule has 12 nitrogen and oxygen atoms in total. The minimum atomic E-state index is -4.94. The predicted molar refractivity (Wildman–Crippen MR) is 155 cm³/mol. The summed E-state index contributed by atoms with van der Waals surface area (Å²) in [6.45, 7) is 1.12. The summed E-state index contributed by atoms with van der Waals surface area (Å²) in [5.74, 6) is 0. The highest BCUT2D eigenvalue weighted by Gasteiger charge is 2.64. The number of hydrogen-bond acceptors (Lipinski definition) is 9. The van der Waals surface area contributed by atoms with E-state index in [1.165, 1.54) is 6.92 Å². The Hall–Kier alpha value is -1.80. The van der Waals surface area contributed by atoms with E-state index in [1.807, 2.05) is 18.2 Å². The summed E-state index contributed by atoms with van der Waals surface area (Å²) in [6.07, 6.45) is 7.38. The average Bonchev–Trinajstić information content (AvgIpc) is 2.89. The van der Waals surface area contributed by atoms with Gasteiger partial charge in [0.25, 0.3) is 0 Å². The second-order valence-corrected chi connectivity index (χ2v) is 16.3. The van der Waals surface area contributed by atoms with Gasteiger partial charge in [-0.3, -0.25) is 0 Å². The summed E-state index contributed by atoms with van der Waals surface area (Å²) in [5.41, 5.74) is 0. The van der Waals surface area contributed by atoms with E-state index < -0.39 is 39.9 Å². The molecule has 0 amide bonds. The van der Waals surface area contributed by atoms with Crippen LogP contribution < -0.4 is 14.2 Å². The van der Waals surface area contributed by atoms with Gasteiger partial charge in [-0.1, -0.05) is 51.9 Å². The maximum absolute atomic E-state index is 13.6. The molecule has 0 fully saturated rings. The van der Waals surface area contributed by atoms with Crippen molar-refractivity contribution in [3.05, 3.63) is 0 Å². The van der Waals surface area contributed by atoms with Crippen LogP contribution in [-0.4, -0.2) is 48.3 Å². The SMILES string of the molecule is CCCC(S(=O)(=O)NCCCCCCC#N)(S(=O)(=O)NCCCCCCC#N)S(=O)(=O)NCCCCCCC#N. The molecule has 3 N–H and O–H groups in total. The number of nitrogens with one attached hydrogen (secondary N) is 3. The fraction of sp³-hybridized carbons (Fsp3) is 0.880. The number of rotatable bonds is 26. The molecule has 0 aliphatic rings. The molecule has 0 saturated carbocycles. The van der Waals surface area contributed by atoms with Crippen LogP contribution in [0.1, 0.15) is 116 Å². The number of hydrogen-bond donors (Lipinski definition) is 3. The van der Waals surface area contributed by atoms with Crippen molar-refractivity contribution in [2.45, 2.75) is 119 Å². The molecule has 0 heterocycles. The Morgan fingerprint density at radius 3 is 1.02 bits per heavy atom. The molecule has 0 aliphatic carbocycles. The van der Waals surface area contributed by atoms with Gasteiger partial charge in [-0.05, 0) is 44.9 Å². The van der Waals surface area contributed by atoms with Crippen LogP contribution in [0.3, 0.4) is 0 Å². The lowest BCUT2D eigenvalue weighted by molar-refractivity contribution is 0.515. The van der Waals surface area contributed by atoms with Crippen molar-refractivity contribution < 1.29 is 25.3 Å². The van der Waals surface area contributed by atoms with Crippen molar-refractivity contribution >= 4 is 30.1 Å². The lowest BCUT2D eigenvalue weighted by Crippen LogP contribution is -2.63. The lowest BCUT2D eigenvalue weighted by atomic mass is 10.1. The molecule has 40 heavy (non-hydrogen) atoms. The first-order chi connectivity index (χ1) is 19.0. The van der Waals surface area contributed by atoms with E-state index in [1.54, 1.807) is 0 Å². The molecular weight excluding hydrogens is 577 g/mol. The average molecular weight is 623 g/mol. The van der Waals surface area contributed by atoms with Crippen molar-refractivity contribution in [1.82, 2.24) is 14.2 Å². The fourth-order valence-electron chi connectivity index (χ4n) is 4.14. The molecule has 0 rings (SSSR count). The van der Waals surface area contributed by atoms with Crippen molar-refractivity contribution in [2.24, 2.45) is 0 Å². The first kappa shape index (κ1) is 38.2. The maximum atomic E-state index is 13.6. The minimum absolute atomic E-state index is 0.0286. The summed E-state index contributed by atoms with van der Waals surface area (Å²) in [4.78, 5) is 0. The van der Waals surface area contributed by atoms with Gasteiger partial charge >= 0.3 is 3.41 Å². The Morgan fingerprint density at radius 1 is 0.500 bits per heavy atom. The van der Waals surface area contributed by atoms with Gasteiger partial charge in [-0.25, -0.2) is 39.4 Å². The monoisotopic (exact) mass is 622 g/mol. The highest BCUT2D eigenvalue weighted by Crippen LogP contribution is 2.35. The number of sulfonamides is 3. The third-order valence-corrected chi connectivity index (χ3v) is 15.1. The smallest absolute Gasteiger partial charge is 0.213 e. The van der Waals surface area contributed by atoms with E-state index in [0.29, 0.717) is 96.3 Å². The van der Waals surface area contributed by atoms with Gasteiger partial charge in [0, 0.05) is 38.9 Å². The number of unbranched alkanes of at least 4 members (excludes halogenated alkanes) is 12. The lowest BCUT2D eigenvalue weighted by Gasteiger charge is -2.32. The van der Waals surface area contributed by atoms with E-state index in [0.717, 1.165) is 0 Å². The molecule has 0 bridgehead atoms. The van der Waals surface area contributed by atoms with Crippen molar-refractivity contribution in [1.29, 1.82) is 15.8 Å². The highest BCUT2D eigenvalue weighted by molar-refractivity contribution is 8.24. The molecule has 0 unspecified atom stereocenters. The van der Waals surface area contributed by atoms with E-state index in [4.69, 9.17) is 15.8 Å². The van der Waals surface area contributed by atoms with Crippen LogP contribution in [0.2, 0.25) is 0 Å². The van der Waals surface area contributed by atoms with E-state index in [2.05, 4.69) is 14.2 Å². The van der Waals surface area contributed by atoms with Crippen LogP contribution in [-0.2, 0) is 30.1 Å². The van der Waals surface area contributed by atoms with Gasteiger partial charge in [-0.15, -0.1) is 0 Å². The molecule has 0 aromatic rings. The topological polar surface area (TPSA) is 210 Å². The molecule has 0 atom stereocenters. The summed E-state index contributed by atoms with van der Waals surface area (Å²) in [7, 11) is -14.8. The zero-order valence-corrected chi connectivity index (χ0v) is 26.1. The van der Waals surface area contributed by atoms with E-state index in [9.17, 15) is 25.3 Å². The predicted octanol–water partition coefficient (Wildman–Crippen LogP) is 3.62. The zero-order chi connectivity index (χ0) is 30.4. The van der Waals surface area contributed by atoms with Gasteiger partial charge in [0.15, 0.2) is 0 Å². The maximum Gasteiger partial charge on any atom is 0.313 e. The quantitative estimate of drug-likeness (QED) is 0.120. The second kappa shape index (κ2) is 21.0. The molecule has 230 valence electrons. The summed E-state index contributed by atoms with van der Waals surface area (Å²) < 4.78 is 85.3. The Balaban J connectivity index is 5.86. The minimum Gasteiger partial charge on any atom is -0.213 e. The molecule has 0 saturated heterocycles. The van der Waals surface area contributed by atoms with Crippen molar-refractivity contribution in [3.63, 3.8) is 0 Å². The first-order valence-electron chi connectivity index (χ1n) is 14.1. The van der Waals surface area contributed by atoms with Crippen LogP contribution in [0.4, 0.5) is 0 Å². The molecule has 0 aliphatic heterocycles. The molecular formula is C25H46N6O6S3. The number of nitrogens with zero attached hydrogens (tertiary/aromatic N) is 3. The Morgan fingerprint density at radius 2 is 0.775 bits per heavy atom. The van der Waals surface area contributed by atoms with Gasteiger partial charge in [0.05, 0.1) is 18.2 Å². The largest absolute Gasteiger partial charge is 0.313 e. The van der Waals surface area contributed by atoms with Gasteiger partial charge in [-0.2, -0.15) is 15.8 Å². The van der Waals surface area contributed by atoms with Gasteiger partial charge in [0.2, 0.25) is 30.1 Å². The van der Waals surface area contributed by atoms with Crippen LogP contribution in [0, 0.1) is 34.0 Å². The van der Waals surface area contributed by atoms with Crippen molar-refractivity contribution in [3.8, 4) is 18.2 Å². The van der Waals surface area contributed by atoms with Crippen LogP contribution >= 0.6 is 0 Å². The highest BCUT2D eigenvalue weighted by atomic mass is 32.3. The summed E-state index contributed by atoms with van der Waals surface area (Å²) in [6, 6.07) is 6.10. The standard InChI is InChI=1S/C25H46N6O6S3/c1-2-18-25(38(32,33)29-22-15-9-3-6-12-19-26,39(34,35)30-23-16-10-4-7-13-20-27)40(36,37)31-24-17-11-5-8-14-21-28/h29-31H,2-18,22-24H2,1H3. The molecule has 0 aromatic carbocycles. The van der Waals surface area contributed by atoms with E-state index in [-0.39, 0.29) is 26.1 Å². The molecule has 0 spiro atoms. The van der Waals surface area contributed by atoms with Gasteiger partial charge in [0.1, 0.15) is 0 Å². The zero-order valence-electron chi connectivity index (χ0n) is 23.7. The first-order valence-corrected chi connectivity index (χ1v) is 18.5. The third kappa shape index (κ3) is 12.8. The summed E-state index contributed by atoms with van der Waals surface area (Å²) in [5, 5.41) is 25.9. The molecule has 15 heteroatoms.